The van der Waals surface area contributed by atoms with Gasteiger partial charge in [0.1, 0.15) is 23.5 Å². The molecule has 3 aromatic carbocycles. The Morgan fingerprint density at radius 2 is 1.56 bits per heavy atom. The molecular formula is C25H20Cl2N2O5. The highest BCUT2D eigenvalue weighted by atomic mass is 35.5. The zero-order valence-corrected chi connectivity index (χ0v) is 19.8. The molecule has 2 aliphatic rings. The second kappa shape index (κ2) is 8.83. The van der Waals surface area contributed by atoms with Gasteiger partial charge in [-0.15, -0.1) is 0 Å². The molecular weight excluding hydrogens is 479 g/mol. The standard InChI is InChI=1S/C25H20Cl2N2O5/c1-32-15-11-12-19(33-2)16(13-15)21-20-23(34-29(21)14-7-4-3-5-8-14)25(31)28(24(20)30)22-17(26)9-6-10-18(22)27/h3-13,20-21,23H,1-2H3/t20-,21-,23-/m0/s1. The molecule has 0 aliphatic carbocycles. The third-order valence-electron chi connectivity index (χ3n) is 6.04. The number of carbonyl (C=O) groups is 2. The fourth-order valence-corrected chi connectivity index (χ4v) is 5.09. The number of para-hydroxylation sites is 2. The summed E-state index contributed by atoms with van der Waals surface area (Å²) in [7, 11) is 3.10. The number of hydrogen-bond acceptors (Lipinski definition) is 6. The zero-order chi connectivity index (χ0) is 24.0. The van der Waals surface area contributed by atoms with E-state index in [-0.39, 0.29) is 15.7 Å². The normalized spacial score (nSPS) is 21.7. The van der Waals surface area contributed by atoms with Crippen LogP contribution in [-0.4, -0.2) is 32.1 Å². The van der Waals surface area contributed by atoms with Gasteiger partial charge in [0.15, 0.2) is 6.10 Å². The number of ether oxygens (including phenoxy) is 2. The molecule has 0 aromatic heterocycles. The van der Waals surface area contributed by atoms with Crippen LogP contribution in [0.4, 0.5) is 11.4 Å². The third-order valence-corrected chi connectivity index (χ3v) is 6.65. The molecule has 5 rings (SSSR count). The molecule has 34 heavy (non-hydrogen) atoms. The molecule has 2 heterocycles. The molecule has 2 aliphatic heterocycles. The molecule has 2 fully saturated rings. The summed E-state index contributed by atoms with van der Waals surface area (Å²) in [5.74, 6) is -0.754. The Labute approximate surface area is 206 Å². The van der Waals surface area contributed by atoms with E-state index < -0.39 is 29.9 Å². The van der Waals surface area contributed by atoms with Gasteiger partial charge in [-0.1, -0.05) is 47.5 Å². The lowest BCUT2D eigenvalue weighted by Crippen LogP contribution is -2.37. The number of benzene rings is 3. The molecule has 0 radical (unpaired) electrons. The van der Waals surface area contributed by atoms with Gasteiger partial charge in [0.2, 0.25) is 5.91 Å². The van der Waals surface area contributed by atoms with Crippen LogP contribution >= 0.6 is 23.2 Å². The van der Waals surface area contributed by atoms with Gasteiger partial charge in [0.05, 0.1) is 35.6 Å². The average molecular weight is 499 g/mol. The molecule has 0 saturated carbocycles. The number of amides is 2. The van der Waals surface area contributed by atoms with E-state index in [0.29, 0.717) is 22.7 Å². The van der Waals surface area contributed by atoms with Gasteiger partial charge >= 0.3 is 0 Å². The number of nitrogens with zero attached hydrogens (tertiary/aromatic N) is 2. The molecule has 0 bridgehead atoms. The first-order valence-electron chi connectivity index (χ1n) is 10.5. The lowest BCUT2D eigenvalue weighted by atomic mass is 9.89. The van der Waals surface area contributed by atoms with Crippen LogP contribution in [0, 0.1) is 5.92 Å². The van der Waals surface area contributed by atoms with Crippen molar-refractivity contribution in [3.63, 3.8) is 0 Å². The summed E-state index contributed by atoms with van der Waals surface area (Å²) in [5.41, 5.74) is 1.49. The maximum Gasteiger partial charge on any atom is 0.266 e. The SMILES string of the molecule is COc1ccc(OC)c([C@H]2[C@@H]3C(=O)N(c4c(Cl)cccc4Cl)C(=O)[C@H]3ON2c2ccccc2)c1. The largest absolute Gasteiger partial charge is 0.497 e. The Hall–Kier alpha value is -3.26. The summed E-state index contributed by atoms with van der Waals surface area (Å²) in [5, 5.41) is 1.99. The molecule has 2 saturated heterocycles. The molecule has 9 heteroatoms. The second-order valence-electron chi connectivity index (χ2n) is 7.85. The highest BCUT2D eigenvalue weighted by molar-refractivity contribution is 6.42. The van der Waals surface area contributed by atoms with Gasteiger partial charge < -0.3 is 9.47 Å². The summed E-state index contributed by atoms with van der Waals surface area (Å²) >= 11 is 12.7. The number of fused-ring (bicyclic) bond motifs is 1. The quantitative estimate of drug-likeness (QED) is 0.458. The molecule has 174 valence electrons. The highest BCUT2D eigenvalue weighted by Gasteiger charge is 2.61. The van der Waals surface area contributed by atoms with Crippen molar-refractivity contribution in [1.29, 1.82) is 0 Å². The van der Waals surface area contributed by atoms with Crippen molar-refractivity contribution in [3.8, 4) is 11.5 Å². The lowest BCUT2D eigenvalue weighted by Gasteiger charge is -2.30. The van der Waals surface area contributed by atoms with Gasteiger partial charge in [-0.25, -0.2) is 9.96 Å². The number of rotatable bonds is 5. The topological polar surface area (TPSA) is 68.3 Å². The van der Waals surface area contributed by atoms with E-state index in [9.17, 15) is 9.59 Å². The summed E-state index contributed by atoms with van der Waals surface area (Å²) in [6.07, 6.45) is -1.07. The predicted molar refractivity (Wildman–Crippen MR) is 129 cm³/mol. The van der Waals surface area contributed by atoms with Crippen LogP contribution in [-0.2, 0) is 14.4 Å². The maximum atomic E-state index is 13.8. The minimum absolute atomic E-state index is 0.154. The van der Waals surface area contributed by atoms with Crippen LogP contribution in [0.3, 0.4) is 0 Å². The number of carbonyl (C=O) groups excluding carboxylic acids is 2. The number of hydrogen-bond donors (Lipinski definition) is 0. The van der Waals surface area contributed by atoms with Crippen molar-refractivity contribution >= 4 is 46.4 Å². The third kappa shape index (κ3) is 3.48. The monoisotopic (exact) mass is 498 g/mol. The number of methoxy groups -OCH3 is 2. The molecule has 0 unspecified atom stereocenters. The molecule has 2 amide bonds. The zero-order valence-electron chi connectivity index (χ0n) is 18.3. The summed E-state index contributed by atoms with van der Waals surface area (Å²) < 4.78 is 11.0. The van der Waals surface area contributed by atoms with Crippen LogP contribution in [0.15, 0.2) is 66.7 Å². The summed E-state index contributed by atoms with van der Waals surface area (Å²) in [6, 6.07) is 18.7. The van der Waals surface area contributed by atoms with Gasteiger partial charge in [0, 0.05) is 5.56 Å². The van der Waals surface area contributed by atoms with Gasteiger partial charge in [0.25, 0.3) is 5.91 Å². The molecule has 0 N–H and O–H groups in total. The van der Waals surface area contributed by atoms with Crippen molar-refractivity contribution < 1.29 is 23.9 Å². The van der Waals surface area contributed by atoms with E-state index in [4.69, 9.17) is 37.5 Å². The highest BCUT2D eigenvalue weighted by Crippen LogP contribution is 2.51. The van der Waals surface area contributed by atoms with Crippen LogP contribution in [0.5, 0.6) is 11.5 Å². The first kappa shape index (κ1) is 22.5. The van der Waals surface area contributed by atoms with E-state index in [0.717, 1.165) is 4.90 Å². The molecule has 7 nitrogen and oxygen atoms in total. The van der Waals surface area contributed by atoms with E-state index >= 15 is 0 Å². The fraction of sp³-hybridized carbons (Fsp3) is 0.200. The minimum atomic E-state index is -1.07. The number of anilines is 2. The Bertz CT molecular complexity index is 1250. The Kier molecular flexibility index (Phi) is 5.85. The average Bonchev–Trinajstić information content (AvgIpc) is 3.36. The maximum absolute atomic E-state index is 13.8. The fourth-order valence-electron chi connectivity index (χ4n) is 4.52. The van der Waals surface area contributed by atoms with Crippen molar-refractivity contribution in [2.45, 2.75) is 12.1 Å². The smallest absolute Gasteiger partial charge is 0.266 e. The minimum Gasteiger partial charge on any atom is -0.497 e. The van der Waals surface area contributed by atoms with Crippen molar-refractivity contribution in [2.24, 2.45) is 5.92 Å². The van der Waals surface area contributed by atoms with E-state index in [1.54, 1.807) is 55.7 Å². The van der Waals surface area contributed by atoms with Crippen LogP contribution in [0.2, 0.25) is 10.0 Å². The van der Waals surface area contributed by atoms with E-state index in [1.807, 2.05) is 30.3 Å². The van der Waals surface area contributed by atoms with Crippen LogP contribution in [0.1, 0.15) is 11.6 Å². The number of hydroxylamine groups is 1. The summed E-state index contributed by atoms with van der Waals surface area (Å²) in [4.78, 5) is 34.5. The van der Waals surface area contributed by atoms with Gasteiger partial charge in [-0.3, -0.25) is 14.4 Å². The van der Waals surface area contributed by atoms with Gasteiger partial charge in [-0.05, 0) is 42.5 Å². The Morgan fingerprint density at radius 3 is 2.21 bits per heavy atom. The van der Waals surface area contributed by atoms with Crippen LogP contribution < -0.4 is 19.4 Å². The number of halogens is 2. The predicted octanol–water partition coefficient (Wildman–Crippen LogP) is 5.06. The van der Waals surface area contributed by atoms with Crippen molar-refractivity contribution in [2.75, 3.05) is 24.2 Å². The van der Waals surface area contributed by atoms with Crippen molar-refractivity contribution in [1.82, 2.24) is 0 Å². The van der Waals surface area contributed by atoms with Crippen LogP contribution in [0.25, 0.3) is 0 Å². The van der Waals surface area contributed by atoms with E-state index in [1.165, 1.54) is 0 Å². The Morgan fingerprint density at radius 1 is 0.853 bits per heavy atom. The first-order chi connectivity index (χ1) is 16.5. The molecule has 3 atom stereocenters. The first-order valence-corrected chi connectivity index (χ1v) is 11.3. The molecule has 3 aromatic rings. The summed E-state index contributed by atoms with van der Waals surface area (Å²) in [6.45, 7) is 0. The lowest BCUT2D eigenvalue weighted by molar-refractivity contribution is -0.126. The Balaban J connectivity index is 1.66. The molecule has 0 spiro atoms. The number of imide groups is 1. The van der Waals surface area contributed by atoms with E-state index in [2.05, 4.69) is 0 Å². The second-order valence-corrected chi connectivity index (χ2v) is 8.66. The van der Waals surface area contributed by atoms with Crippen molar-refractivity contribution in [3.05, 3.63) is 82.3 Å². The van der Waals surface area contributed by atoms with Gasteiger partial charge in [-0.2, -0.15) is 0 Å².